The normalized spacial score (nSPS) is 11.8. The van der Waals surface area contributed by atoms with E-state index in [0.717, 1.165) is 11.3 Å². The van der Waals surface area contributed by atoms with Gasteiger partial charge in [-0.2, -0.15) is 0 Å². The first kappa shape index (κ1) is 16.9. The predicted molar refractivity (Wildman–Crippen MR) is 82.3 cm³/mol. The van der Waals surface area contributed by atoms with Gasteiger partial charge >= 0.3 is 5.97 Å². The van der Waals surface area contributed by atoms with Crippen LogP contribution in [0.25, 0.3) is 0 Å². The van der Waals surface area contributed by atoms with Crippen molar-refractivity contribution in [3.05, 3.63) is 45.7 Å². The molecule has 2 N–H and O–H groups in total. The highest BCUT2D eigenvalue weighted by atomic mass is 32.1. The van der Waals surface area contributed by atoms with Crippen LogP contribution >= 0.6 is 11.3 Å². The Hall–Kier alpha value is -2.48. The Balaban J connectivity index is 1.90. The minimum atomic E-state index is -1.04. The molecule has 0 saturated heterocycles. The Morgan fingerprint density at radius 1 is 1.39 bits per heavy atom. The number of halogens is 1. The van der Waals surface area contributed by atoms with Gasteiger partial charge in [0.15, 0.2) is 6.61 Å². The molecule has 1 heterocycles. The SMILES string of the molecule is Cc1nc(C(C)NC(=O)COc2ccc(F)cc2)sc1C(=O)O. The molecule has 0 fully saturated rings. The van der Waals surface area contributed by atoms with E-state index in [1.165, 1.54) is 24.3 Å². The average molecular weight is 338 g/mol. The lowest BCUT2D eigenvalue weighted by molar-refractivity contribution is -0.123. The summed E-state index contributed by atoms with van der Waals surface area (Å²) in [5.74, 6) is -1.42. The van der Waals surface area contributed by atoms with Crippen LogP contribution in [0, 0.1) is 12.7 Å². The quantitative estimate of drug-likeness (QED) is 0.845. The van der Waals surface area contributed by atoms with Crippen molar-refractivity contribution in [1.29, 1.82) is 0 Å². The molecule has 23 heavy (non-hydrogen) atoms. The maximum absolute atomic E-state index is 12.8. The van der Waals surface area contributed by atoms with Crippen LogP contribution in [0.3, 0.4) is 0 Å². The van der Waals surface area contributed by atoms with Gasteiger partial charge in [-0.25, -0.2) is 14.2 Å². The summed E-state index contributed by atoms with van der Waals surface area (Å²) in [6, 6.07) is 4.89. The molecule has 1 amide bonds. The smallest absolute Gasteiger partial charge is 0.347 e. The van der Waals surface area contributed by atoms with Gasteiger partial charge < -0.3 is 15.2 Å². The van der Waals surface area contributed by atoms with Crippen LogP contribution in [-0.2, 0) is 4.79 Å². The Bertz CT molecular complexity index is 715. The molecule has 0 bridgehead atoms. The molecule has 1 unspecified atom stereocenters. The number of aromatic nitrogens is 1. The van der Waals surface area contributed by atoms with E-state index in [1.807, 2.05) is 0 Å². The molecule has 0 saturated carbocycles. The van der Waals surface area contributed by atoms with E-state index in [9.17, 15) is 14.0 Å². The number of rotatable bonds is 6. The number of amides is 1. The summed E-state index contributed by atoms with van der Waals surface area (Å²) in [5.41, 5.74) is 0.418. The van der Waals surface area contributed by atoms with Crippen LogP contribution in [0.1, 0.15) is 33.3 Å². The molecule has 2 aromatic rings. The van der Waals surface area contributed by atoms with Crippen molar-refractivity contribution in [2.75, 3.05) is 6.61 Å². The zero-order valence-electron chi connectivity index (χ0n) is 12.5. The van der Waals surface area contributed by atoms with E-state index in [2.05, 4.69) is 10.3 Å². The summed E-state index contributed by atoms with van der Waals surface area (Å²) >= 11 is 1.03. The van der Waals surface area contributed by atoms with Gasteiger partial charge in [-0.15, -0.1) is 11.3 Å². The topological polar surface area (TPSA) is 88.5 Å². The number of hydrogen-bond acceptors (Lipinski definition) is 5. The third-order valence-corrected chi connectivity index (χ3v) is 4.27. The number of ether oxygens (including phenoxy) is 1. The second-order valence-corrected chi connectivity index (χ2v) is 5.83. The first-order chi connectivity index (χ1) is 10.9. The van der Waals surface area contributed by atoms with Crippen LogP contribution in [0.15, 0.2) is 24.3 Å². The number of nitrogens with zero attached hydrogens (tertiary/aromatic N) is 1. The zero-order chi connectivity index (χ0) is 17.0. The van der Waals surface area contributed by atoms with Gasteiger partial charge in [-0.05, 0) is 38.1 Å². The Morgan fingerprint density at radius 2 is 2.04 bits per heavy atom. The van der Waals surface area contributed by atoms with E-state index in [0.29, 0.717) is 16.5 Å². The van der Waals surface area contributed by atoms with Gasteiger partial charge in [0.05, 0.1) is 11.7 Å². The molecule has 1 aromatic heterocycles. The lowest BCUT2D eigenvalue weighted by Gasteiger charge is -2.12. The van der Waals surface area contributed by atoms with E-state index in [4.69, 9.17) is 9.84 Å². The number of aromatic carboxylic acids is 1. The molecule has 0 aliphatic heterocycles. The van der Waals surface area contributed by atoms with E-state index < -0.39 is 12.0 Å². The first-order valence-electron chi connectivity index (χ1n) is 6.75. The van der Waals surface area contributed by atoms with Gasteiger partial charge in [0.1, 0.15) is 21.5 Å². The van der Waals surface area contributed by atoms with Crippen LogP contribution in [-0.4, -0.2) is 28.6 Å². The number of thiazole rings is 1. The average Bonchev–Trinajstić information content (AvgIpc) is 2.89. The van der Waals surface area contributed by atoms with Gasteiger partial charge in [-0.3, -0.25) is 4.79 Å². The fourth-order valence-corrected chi connectivity index (χ4v) is 2.73. The van der Waals surface area contributed by atoms with Crippen LogP contribution in [0.2, 0.25) is 0 Å². The van der Waals surface area contributed by atoms with Crippen molar-refractivity contribution < 1.29 is 23.8 Å². The molecular weight excluding hydrogens is 323 g/mol. The van der Waals surface area contributed by atoms with Gasteiger partial charge in [-0.1, -0.05) is 0 Å². The highest BCUT2D eigenvalue weighted by molar-refractivity contribution is 7.13. The highest BCUT2D eigenvalue weighted by Gasteiger charge is 2.19. The molecule has 0 aliphatic carbocycles. The molecule has 6 nitrogen and oxygen atoms in total. The molecule has 1 aromatic carbocycles. The largest absolute Gasteiger partial charge is 0.484 e. The minimum Gasteiger partial charge on any atom is -0.484 e. The fraction of sp³-hybridized carbons (Fsp3) is 0.267. The summed E-state index contributed by atoms with van der Waals surface area (Å²) in [6.45, 7) is 3.08. The first-order valence-corrected chi connectivity index (χ1v) is 7.57. The standard InChI is InChI=1S/C15H15FN2O4S/c1-8-13(15(20)21)23-14(18-8)9(2)17-12(19)7-22-11-5-3-10(16)4-6-11/h3-6,9H,7H2,1-2H3,(H,17,19)(H,20,21). The number of carbonyl (C=O) groups is 2. The van der Waals surface area contributed by atoms with Crippen LogP contribution in [0.4, 0.5) is 4.39 Å². The van der Waals surface area contributed by atoms with E-state index >= 15 is 0 Å². The summed E-state index contributed by atoms with van der Waals surface area (Å²) in [5, 5.41) is 12.2. The number of carboxylic acids is 1. The number of nitrogens with one attached hydrogen (secondary N) is 1. The second-order valence-electron chi connectivity index (χ2n) is 4.80. The Morgan fingerprint density at radius 3 is 2.61 bits per heavy atom. The number of carbonyl (C=O) groups excluding carboxylic acids is 1. The predicted octanol–water partition coefficient (Wildman–Crippen LogP) is 2.55. The van der Waals surface area contributed by atoms with Crippen molar-refractivity contribution >= 4 is 23.2 Å². The number of carboxylic acid groups (broad SMARTS) is 1. The number of benzene rings is 1. The fourth-order valence-electron chi connectivity index (χ4n) is 1.83. The third kappa shape index (κ3) is 4.49. The molecule has 2 rings (SSSR count). The van der Waals surface area contributed by atoms with Gasteiger partial charge in [0.25, 0.3) is 5.91 Å². The van der Waals surface area contributed by atoms with Crippen LogP contribution in [0.5, 0.6) is 5.75 Å². The van der Waals surface area contributed by atoms with Crippen LogP contribution < -0.4 is 10.1 Å². The Kier molecular flexibility index (Phi) is 5.28. The summed E-state index contributed by atoms with van der Waals surface area (Å²) in [7, 11) is 0. The third-order valence-electron chi connectivity index (χ3n) is 2.94. The van der Waals surface area contributed by atoms with Crippen molar-refractivity contribution in [3.8, 4) is 5.75 Å². The molecule has 122 valence electrons. The Labute approximate surface area is 135 Å². The number of aryl methyl sites for hydroxylation is 1. The zero-order valence-corrected chi connectivity index (χ0v) is 13.3. The highest BCUT2D eigenvalue weighted by Crippen LogP contribution is 2.23. The van der Waals surface area contributed by atoms with E-state index in [1.54, 1.807) is 13.8 Å². The molecule has 0 radical (unpaired) electrons. The molecule has 1 atom stereocenters. The summed E-state index contributed by atoms with van der Waals surface area (Å²) in [4.78, 5) is 27.2. The van der Waals surface area contributed by atoms with Gasteiger partial charge in [0, 0.05) is 0 Å². The maximum atomic E-state index is 12.8. The van der Waals surface area contributed by atoms with Gasteiger partial charge in [0.2, 0.25) is 0 Å². The minimum absolute atomic E-state index is 0.156. The van der Waals surface area contributed by atoms with E-state index in [-0.39, 0.29) is 23.2 Å². The monoisotopic (exact) mass is 338 g/mol. The molecule has 8 heteroatoms. The summed E-state index contributed by atoms with van der Waals surface area (Å²) < 4.78 is 18.0. The van der Waals surface area contributed by atoms with Crippen molar-refractivity contribution in [1.82, 2.24) is 10.3 Å². The van der Waals surface area contributed by atoms with Crippen molar-refractivity contribution in [2.45, 2.75) is 19.9 Å². The maximum Gasteiger partial charge on any atom is 0.347 e. The van der Waals surface area contributed by atoms with Crippen molar-refractivity contribution in [2.24, 2.45) is 0 Å². The lowest BCUT2D eigenvalue weighted by Crippen LogP contribution is -2.31. The molecule has 0 aliphatic rings. The molecule has 0 spiro atoms. The lowest BCUT2D eigenvalue weighted by atomic mass is 10.3. The summed E-state index contributed by atoms with van der Waals surface area (Å²) in [6.07, 6.45) is 0. The molecular formula is C15H15FN2O4S. The second kappa shape index (κ2) is 7.19. The van der Waals surface area contributed by atoms with Crippen molar-refractivity contribution in [3.63, 3.8) is 0 Å². The number of hydrogen-bond donors (Lipinski definition) is 2.